The van der Waals surface area contributed by atoms with Crippen LogP contribution in [0, 0.1) is 0 Å². The fraction of sp³-hybridized carbons (Fsp3) is 0.368. The lowest BCUT2D eigenvalue weighted by molar-refractivity contribution is 0.141. The fourth-order valence-electron chi connectivity index (χ4n) is 3.34. The highest BCUT2D eigenvalue weighted by molar-refractivity contribution is 5.54. The Morgan fingerprint density at radius 2 is 2.00 bits per heavy atom. The third-order valence-corrected chi connectivity index (χ3v) is 4.90. The van der Waals surface area contributed by atoms with Crippen LogP contribution in [0.1, 0.15) is 37.0 Å². The second kappa shape index (κ2) is 6.24. The van der Waals surface area contributed by atoms with Crippen molar-refractivity contribution in [2.45, 2.75) is 39.4 Å². The molecule has 0 aliphatic carbocycles. The molecule has 2 aromatic heterocycles. The maximum atomic E-state index is 5.49. The summed E-state index contributed by atoms with van der Waals surface area (Å²) in [5.41, 5.74) is 3.66. The highest BCUT2D eigenvalue weighted by Crippen LogP contribution is 2.27. The molecule has 5 heteroatoms. The molecule has 1 aliphatic rings. The summed E-state index contributed by atoms with van der Waals surface area (Å²) < 4.78 is 7.80. The standard InChI is InChI=1S/C19H22N4O/c1-3-15-6-8-16(9-7-15)19-20-18(24-21-19)13-23-12-11-22-10-4-5-17(22)14(23)2/h4-10,14H,3,11-13H2,1-2H3. The molecule has 5 nitrogen and oxygen atoms in total. The Labute approximate surface area is 141 Å². The second-order valence-corrected chi connectivity index (χ2v) is 6.34. The van der Waals surface area contributed by atoms with E-state index in [1.54, 1.807) is 0 Å². The van der Waals surface area contributed by atoms with E-state index in [2.05, 4.69) is 76.1 Å². The maximum Gasteiger partial charge on any atom is 0.241 e. The molecule has 0 radical (unpaired) electrons. The van der Waals surface area contributed by atoms with Crippen LogP contribution in [0.15, 0.2) is 47.1 Å². The first-order valence-corrected chi connectivity index (χ1v) is 8.55. The first kappa shape index (κ1) is 15.1. The monoisotopic (exact) mass is 322 g/mol. The first-order chi connectivity index (χ1) is 11.7. The van der Waals surface area contributed by atoms with Crippen molar-refractivity contribution < 1.29 is 4.52 Å². The van der Waals surface area contributed by atoms with E-state index in [0.29, 0.717) is 24.3 Å². The molecule has 3 heterocycles. The van der Waals surface area contributed by atoms with E-state index in [4.69, 9.17) is 4.52 Å². The maximum absolute atomic E-state index is 5.49. The molecule has 0 amide bonds. The average Bonchev–Trinajstić information content (AvgIpc) is 3.27. The van der Waals surface area contributed by atoms with Crippen LogP contribution in [0.2, 0.25) is 0 Å². The minimum atomic E-state index is 0.355. The fourth-order valence-corrected chi connectivity index (χ4v) is 3.34. The Bertz CT molecular complexity index is 818. The zero-order valence-electron chi connectivity index (χ0n) is 14.1. The molecule has 0 fully saturated rings. The summed E-state index contributed by atoms with van der Waals surface area (Å²) in [6.07, 6.45) is 3.18. The van der Waals surface area contributed by atoms with Crippen LogP contribution in [0.3, 0.4) is 0 Å². The summed E-state index contributed by atoms with van der Waals surface area (Å²) in [6.45, 7) is 7.06. The number of aryl methyl sites for hydroxylation is 1. The molecular weight excluding hydrogens is 300 g/mol. The Hall–Kier alpha value is -2.40. The van der Waals surface area contributed by atoms with Gasteiger partial charge in [0.2, 0.25) is 11.7 Å². The Morgan fingerprint density at radius 1 is 1.17 bits per heavy atom. The SMILES string of the molecule is CCc1ccc(-c2noc(CN3CCn4cccc4C3C)n2)cc1. The van der Waals surface area contributed by atoms with Gasteiger partial charge in [-0.2, -0.15) is 4.98 Å². The number of hydrogen-bond donors (Lipinski definition) is 0. The van der Waals surface area contributed by atoms with Crippen LogP contribution in [0.5, 0.6) is 0 Å². The van der Waals surface area contributed by atoms with Gasteiger partial charge in [0, 0.05) is 36.6 Å². The summed E-state index contributed by atoms with van der Waals surface area (Å²) in [5.74, 6) is 1.34. The van der Waals surface area contributed by atoms with Crippen molar-refractivity contribution in [3.63, 3.8) is 0 Å². The lowest BCUT2D eigenvalue weighted by Crippen LogP contribution is -2.35. The zero-order chi connectivity index (χ0) is 16.5. The van der Waals surface area contributed by atoms with Gasteiger partial charge in [0.15, 0.2) is 0 Å². The van der Waals surface area contributed by atoms with Crippen molar-refractivity contribution >= 4 is 0 Å². The molecule has 1 aromatic carbocycles. The lowest BCUT2D eigenvalue weighted by Gasteiger charge is -2.33. The Balaban J connectivity index is 1.49. The summed E-state index contributed by atoms with van der Waals surface area (Å²) in [5, 5.41) is 4.15. The van der Waals surface area contributed by atoms with Crippen LogP contribution in [0.4, 0.5) is 0 Å². The molecule has 3 aromatic rings. The van der Waals surface area contributed by atoms with Crippen molar-refractivity contribution in [3.8, 4) is 11.4 Å². The second-order valence-electron chi connectivity index (χ2n) is 6.34. The summed E-state index contributed by atoms with van der Waals surface area (Å²) in [7, 11) is 0. The number of nitrogens with zero attached hydrogens (tertiary/aromatic N) is 4. The Morgan fingerprint density at radius 3 is 2.79 bits per heavy atom. The number of rotatable bonds is 4. The first-order valence-electron chi connectivity index (χ1n) is 8.55. The van der Waals surface area contributed by atoms with E-state index >= 15 is 0 Å². The van der Waals surface area contributed by atoms with Crippen molar-refractivity contribution in [3.05, 3.63) is 59.7 Å². The summed E-state index contributed by atoms with van der Waals surface area (Å²) >= 11 is 0. The van der Waals surface area contributed by atoms with E-state index in [1.807, 2.05) is 0 Å². The third kappa shape index (κ3) is 2.76. The summed E-state index contributed by atoms with van der Waals surface area (Å²) in [4.78, 5) is 6.96. The largest absolute Gasteiger partial charge is 0.349 e. The van der Waals surface area contributed by atoms with Gasteiger partial charge in [0.25, 0.3) is 0 Å². The van der Waals surface area contributed by atoms with Crippen LogP contribution < -0.4 is 0 Å². The quantitative estimate of drug-likeness (QED) is 0.735. The van der Waals surface area contributed by atoms with Crippen molar-refractivity contribution in [2.75, 3.05) is 6.54 Å². The van der Waals surface area contributed by atoms with Gasteiger partial charge in [-0.05, 0) is 31.0 Å². The highest BCUT2D eigenvalue weighted by Gasteiger charge is 2.25. The minimum Gasteiger partial charge on any atom is -0.349 e. The van der Waals surface area contributed by atoms with Crippen molar-refractivity contribution in [1.82, 2.24) is 19.6 Å². The molecular formula is C19H22N4O. The molecule has 0 saturated carbocycles. The normalized spacial score (nSPS) is 17.8. The minimum absolute atomic E-state index is 0.355. The number of fused-ring (bicyclic) bond motifs is 1. The van der Waals surface area contributed by atoms with Gasteiger partial charge in [-0.3, -0.25) is 4.90 Å². The van der Waals surface area contributed by atoms with Gasteiger partial charge in [-0.25, -0.2) is 0 Å². The van der Waals surface area contributed by atoms with E-state index in [9.17, 15) is 0 Å². The van der Waals surface area contributed by atoms with E-state index in [0.717, 1.165) is 25.1 Å². The number of benzene rings is 1. The predicted octanol–water partition coefficient (Wildman–Crippen LogP) is 3.68. The van der Waals surface area contributed by atoms with Gasteiger partial charge >= 0.3 is 0 Å². The van der Waals surface area contributed by atoms with Crippen molar-refractivity contribution in [2.24, 2.45) is 0 Å². The van der Waals surface area contributed by atoms with E-state index in [-0.39, 0.29) is 0 Å². The molecule has 1 atom stereocenters. The van der Waals surface area contributed by atoms with Crippen LogP contribution in [-0.4, -0.2) is 26.2 Å². The molecule has 0 N–H and O–H groups in total. The van der Waals surface area contributed by atoms with Crippen molar-refractivity contribution in [1.29, 1.82) is 0 Å². The van der Waals surface area contributed by atoms with Gasteiger partial charge in [0.05, 0.1) is 6.54 Å². The molecule has 124 valence electrons. The van der Waals surface area contributed by atoms with Crippen LogP contribution in [-0.2, 0) is 19.5 Å². The molecule has 0 spiro atoms. The third-order valence-electron chi connectivity index (χ3n) is 4.90. The number of hydrogen-bond acceptors (Lipinski definition) is 4. The molecule has 0 saturated heterocycles. The molecule has 1 unspecified atom stereocenters. The summed E-state index contributed by atoms with van der Waals surface area (Å²) in [6, 6.07) is 13.0. The van der Waals surface area contributed by atoms with Gasteiger partial charge in [-0.15, -0.1) is 0 Å². The van der Waals surface area contributed by atoms with E-state index < -0.39 is 0 Å². The van der Waals surface area contributed by atoms with Gasteiger partial charge < -0.3 is 9.09 Å². The molecule has 24 heavy (non-hydrogen) atoms. The van der Waals surface area contributed by atoms with E-state index in [1.165, 1.54) is 11.3 Å². The highest BCUT2D eigenvalue weighted by atomic mass is 16.5. The molecule has 4 rings (SSSR count). The van der Waals surface area contributed by atoms with Gasteiger partial charge in [-0.1, -0.05) is 36.3 Å². The topological polar surface area (TPSA) is 47.1 Å². The Kier molecular flexibility index (Phi) is 3.94. The lowest BCUT2D eigenvalue weighted by atomic mass is 10.1. The average molecular weight is 322 g/mol. The molecule has 1 aliphatic heterocycles. The van der Waals surface area contributed by atoms with Crippen LogP contribution >= 0.6 is 0 Å². The number of aromatic nitrogens is 3. The smallest absolute Gasteiger partial charge is 0.241 e. The molecule has 0 bridgehead atoms. The van der Waals surface area contributed by atoms with Gasteiger partial charge in [0.1, 0.15) is 0 Å². The predicted molar refractivity (Wildman–Crippen MR) is 92.4 cm³/mol. The van der Waals surface area contributed by atoms with Crippen LogP contribution in [0.25, 0.3) is 11.4 Å². The zero-order valence-corrected chi connectivity index (χ0v) is 14.1.